The fraction of sp³-hybridized carbons (Fsp3) is 0.647. The molecule has 0 saturated heterocycles. The van der Waals surface area contributed by atoms with Crippen LogP contribution in [0.25, 0.3) is 0 Å². The van der Waals surface area contributed by atoms with E-state index >= 15 is 0 Å². The monoisotopic (exact) mass is 276 g/mol. The number of benzene rings is 1. The lowest BCUT2D eigenvalue weighted by Crippen LogP contribution is -2.39. The zero-order chi connectivity index (χ0) is 14.4. The van der Waals surface area contributed by atoms with Crippen LogP contribution in [0, 0.1) is 0 Å². The Morgan fingerprint density at radius 2 is 1.95 bits per heavy atom. The van der Waals surface area contributed by atoms with Crippen molar-refractivity contribution in [2.24, 2.45) is 5.73 Å². The average Bonchev–Trinajstić information content (AvgIpc) is 2.51. The SMILES string of the molecule is CCOc1ccccc1C(CN)N(C)C1CCCCC1. The number of hydrogen-bond acceptors (Lipinski definition) is 3. The van der Waals surface area contributed by atoms with E-state index in [4.69, 9.17) is 10.5 Å². The van der Waals surface area contributed by atoms with E-state index in [9.17, 15) is 0 Å². The van der Waals surface area contributed by atoms with Crippen LogP contribution in [0.15, 0.2) is 24.3 Å². The summed E-state index contributed by atoms with van der Waals surface area (Å²) >= 11 is 0. The lowest BCUT2D eigenvalue weighted by Gasteiger charge is -2.37. The molecule has 1 aliphatic rings. The van der Waals surface area contributed by atoms with Crippen molar-refractivity contribution >= 4 is 0 Å². The Kier molecular flexibility index (Phi) is 5.86. The lowest BCUT2D eigenvalue weighted by molar-refractivity contribution is 0.138. The van der Waals surface area contributed by atoms with Crippen molar-refractivity contribution < 1.29 is 4.74 Å². The van der Waals surface area contributed by atoms with Crippen LogP contribution >= 0.6 is 0 Å². The van der Waals surface area contributed by atoms with E-state index in [0.717, 1.165) is 5.75 Å². The molecular formula is C17H28N2O. The third-order valence-corrected chi connectivity index (χ3v) is 4.44. The topological polar surface area (TPSA) is 38.5 Å². The largest absolute Gasteiger partial charge is 0.494 e. The molecule has 20 heavy (non-hydrogen) atoms. The maximum Gasteiger partial charge on any atom is 0.124 e. The van der Waals surface area contributed by atoms with Gasteiger partial charge in [-0.1, -0.05) is 37.5 Å². The third-order valence-electron chi connectivity index (χ3n) is 4.44. The molecule has 0 bridgehead atoms. The first-order valence-electron chi connectivity index (χ1n) is 7.91. The molecule has 0 spiro atoms. The van der Waals surface area contributed by atoms with Gasteiger partial charge in [0.1, 0.15) is 5.75 Å². The summed E-state index contributed by atoms with van der Waals surface area (Å²) in [5, 5.41) is 0. The van der Waals surface area contributed by atoms with Crippen LogP contribution in [0.5, 0.6) is 5.75 Å². The predicted octanol–water partition coefficient (Wildman–Crippen LogP) is 3.35. The molecule has 0 heterocycles. The van der Waals surface area contributed by atoms with E-state index in [-0.39, 0.29) is 6.04 Å². The third kappa shape index (κ3) is 3.53. The summed E-state index contributed by atoms with van der Waals surface area (Å²) in [6, 6.07) is 9.23. The molecule has 0 amide bonds. The second-order valence-electron chi connectivity index (χ2n) is 5.68. The van der Waals surface area contributed by atoms with Crippen LogP contribution in [-0.2, 0) is 0 Å². The van der Waals surface area contributed by atoms with Gasteiger partial charge in [0, 0.05) is 18.2 Å². The molecular weight excluding hydrogens is 248 g/mol. The first-order chi connectivity index (χ1) is 9.77. The molecule has 0 radical (unpaired) electrons. The van der Waals surface area contributed by atoms with Gasteiger partial charge in [-0.2, -0.15) is 0 Å². The summed E-state index contributed by atoms with van der Waals surface area (Å²) in [7, 11) is 2.22. The van der Waals surface area contributed by atoms with Crippen molar-refractivity contribution in [3.8, 4) is 5.75 Å². The number of para-hydroxylation sites is 1. The molecule has 112 valence electrons. The Balaban J connectivity index is 2.18. The maximum absolute atomic E-state index is 6.08. The molecule has 0 aromatic heterocycles. The van der Waals surface area contributed by atoms with E-state index < -0.39 is 0 Å². The van der Waals surface area contributed by atoms with Gasteiger partial charge in [0.15, 0.2) is 0 Å². The highest BCUT2D eigenvalue weighted by molar-refractivity contribution is 5.36. The second kappa shape index (κ2) is 7.65. The summed E-state index contributed by atoms with van der Waals surface area (Å²) in [5.74, 6) is 0.980. The molecule has 1 unspecified atom stereocenters. The van der Waals surface area contributed by atoms with E-state index in [0.29, 0.717) is 19.2 Å². The normalized spacial score (nSPS) is 18.2. The Bertz CT molecular complexity index is 402. The number of nitrogens with two attached hydrogens (primary N) is 1. The molecule has 1 aromatic rings. The van der Waals surface area contributed by atoms with Crippen molar-refractivity contribution in [1.29, 1.82) is 0 Å². The minimum atomic E-state index is 0.251. The van der Waals surface area contributed by atoms with E-state index in [2.05, 4.69) is 30.1 Å². The number of nitrogens with zero attached hydrogens (tertiary/aromatic N) is 1. The van der Waals surface area contributed by atoms with Crippen LogP contribution in [0.1, 0.15) is 50.6 Å². The zero-order valence-electron chi connectivity index (χ0n) is 12.8. The van der Waals surface area contributed by atoms with Gasteiger partial charge in [0.25, 0.3) is 0 Å². The Morgan fingerprint density at radius 3 is 2.60 bits per heavy atom. The van der Waals surface area contributed by atoms with E-state index in [1.54, 1.807) is 0 Å². The molecule has 2 N–H and O–H groups in total. The highest BCUT2D eigenvalue weighted by atomic mass is 16.5. The van der Waals surface area contributed by atoms with E-state index in [1.165, 1.54) is 37.7 Å². The minimum absolute atomic E-state index is 0.251. The molecule has 1 aliphatic carbocycles. The van der Waals surface area contributed by atoms with Gasteiger partial charge in [-0.3, -0.25) is 4.90 Å². The molecule has 1 aromatic carbocycles. The summed E-state index contributed by atoms with van der Waals surface area (Å²) in [6.07, 6.45) is 6.67. The highest BCUT2D eigenvalue weighted by Gasteiger charge is 2.26. The Labute approximate surface area is 123 Å². The van der Waals surface area contributed by atoms with Crippen LogP contribution in [0.3, 0.4) is 0 Å². The van der Waals surface area contributed by atoms with Gasteiger partial charge >= 0.3 is 0 Å². The molecule has 1 fully saturated rings. The van der Waals surface area contributed by atoms with Crippen LogP contribution in [-0.4, -0.2) is 31.1 Å². The lowest BCUT2D eigenvalue weighted by atomic mass is 9.92. The van der Waals surface area contributed by atoms with Gasteiger partial charge in [-0.05, 0) is 32.9 Å². The van der Waals surface area contributed by atoms with Crippen LogP contribution in [0.4, 0.5) is 0 Å². The zero-order valence-corrected chi connectivity index (χ0v) is 12.8. The number of hydrogen-bond donors (Lipinski definition) is 1. The smallest absolute Gasteiger partial charge is 0.124 e. The average molecular weight is 276 g/mol. The minimum Gasteiger partial charge on any atom is -0.494 e. The molecule has 1 atom stereocenters. The van der Waals surface area contributed by atoms with Gasteiger partial charge < -0.3 is 10.5 Å². The van der Waals surface area contributed by atoms with E-state index in [1.807, 2.05) is 13.0 Å². The highest BCUT2D eigenvalue weighted by Crippen LogP contribution is 2.32. The van der Waals surface area contributed by atoms with Gasteiger partial charge in [0.05, 0.1) is 12.6 Å². The second-order valence-corrected chi connectivity index (χ2v) is 5.68. The molecule has 1 saturated carbocycles. The van der Waals surface area contributed by atoms with Crippen molar-refractivity contribution in [2.45, 2.75) is 51.1 Å². The number of ether oxygens (including phenoxy) is 1. The summed E-state index contributed by atoms with van der Waals surface area (Å²) in [4.78, 5) is 2.47. The number of rotatable bonds is 6. The van der Waals surface area contributed by atoms with Crippen molar-refractivity contribution in [3.05, 3.63) is 29.8 Å². The van der Waals surface area contributed by atoms with Crippen molar-refractivity contribution in [3.63, 3.8) is 0 Å². The molecule has 3 heteroatoms. The maximum atomic E-state index is 6.08. The summed E-state index contributed by atoms with van der Waals surface area (Å²) < 4.78 is 5.78. The summed E-state index contributed by atoms with van der Waals surface area (Å²) in [6.45, 7) is 3.36. The molecule has 2 rings (SSSR count). The number of likely N-dealkylation sites (N-methyl/N-ethyl adjacent to an activating group) is 1. The Morgan fingerprint density at radius 1 is 1.25 bits per heavy atom. The van der Waals surface area contributed by atoms with Gasteiger partial charge in [0.2, 0.25) is 0 Å². The van der Waals surface area contributed by atoms with Gasteiger partial charge in [-0.15, -0.1) is 0 Å². The molecule has 0 aliphatic heterocycles. The fourth-order valence-electron chi connectivity index (χ4n) is 3.30. The van der Waals surface area contributed by atoms with Gasteiger partial charge in [-0.25, -0.2) is 0 Å². The standard InChI is InChI=1S/C17H28N2O/c1-3-20-17-12-8-7-11-15(17)16(13-18)19(2)14-9-5-4-6-10-14/h7-8,11-12,14,16H,3-6,9-10,13,18H2,1-2H3. The Hall–Kier alpha value is -1.06. The summed E-state index contributed by atoms with van der Waals surface area (Å²) in [5.41, 5.74) is 7.31. The first-order valence-corrected chi connectivity index (χ1v) is 7.91. The first kappa shape index (κ1) is 15.3. The predicted molar refractivity (Wildman–Crippen MR) is 84.0 cm³/mol. The van der Waals surface area contributed by atoms with Crippen molar-refractivity contribution in [1.82, 2.24) is 4.90 Å². The molecule has 3 nitrogen and oxygen atoms in total. The fourth-order valence-corrected chi connectivity index (χ4v) is 3.30. The van der Waals surface area contributed by atoms with Crippen molar-refractivity contribution in [2.75, 3.05) is 20.2 Å². The quantitative estimate of drug-likeness (QED) is 0.866. The van der Waals surface area contributed by atoms with Crippen LogP contribution in [0.2, 0.25) is 0 Å². The van der Waals surface area contributed by atoms with Crippen LogP contribution < -0.4 is 10.5 Å².